The third-order valence-corrected chi connectivity index (χ3v) is 4.94. The van der Waals surface area contributed by atoms with Crippen LogP contribution < -0.4 is 0 Å². The highest BCUT2D eigenvalue weighted by Gasteiger charge is 2.40. The Morgan fingerprint density at radius 1 is 1.06 bits per heavy atom. The van der Waals surface area contributed by atoms with Crippen molar-refractivity contribution in [3.8, 4) is 23.0 Å². The molecule has 0 amide bonds. The SMILES string of the molecule is [C-]#[N+]C(C#N)=C1OC(C)(C)C(c2ccc(-n3cc(-c4ccccc4)nn3)cc2)=C1[N+]#[C-]. The molecule has 0 bridgehead atoms. The first-order valence-corrected chi connectivity index (χ1v) is 9.40. The van der Waals surface area contributed by atoms with Crippen LogP contribution in [-0.4, -0.2) is 20.6 Å². The third kappa shape index (κ3) is 3.44. The molecule has 0 atom stereocenters. The van der Waals surface area contributed by atoms with Crippen LogP contribution in [0.2, 0.25) is 0 Å². The maximum Gasteiger partial charge on any atom is 0.292 e. The van der Waals surface area contributed by atoms with Crippen LogP contribution in [0.15, 0.2) is 77.9 Å². The molecule has 0 saturated carbocycles. The summed E-state index contributed by atoms with van der Waals surface area (Å²) >= 11 is 0. The summed E-state index contributed by atoms with van der Waals surface area (Å²) in [5.41, 5.74) is 3.11. The Balaban J connectivity index is 1.73. The summed E-state index contributed by atoms with van der Waals surface area (Å²) in [5.74, 6) is 0.0420. The Kier molecular flexibility index (Phi) is 4.83. The quantitative estimate of drug-likeness (QED) is 0.453. The van der Waals surface area contributed by atoms with E-state index in [1.54, 1.807) is 4.68 Å². The fourth-order valence-corrected chi connectivity index (χ4v) is 3.54. The molecule has 0 fully saturated rings. The Bertz CT molecular complexity index is 1320. The van der Waals surface area contributed by atoms with E-state index in [9.17, 15) is 5.26 Å². The third-order valence-electron chi connectivity index (χ3n) is 4.94. The second-order valence-corrected chi connectivity index (χ2v) is 7.31. The number of aromatic nitrogens is 3. The van der Waals surface area contributed by atoms with E-state index in [-0.39, 0.29) is 17.2 Å². The van der Waals surface area contributed by atoms with Gasteiger partial charge in [0.25, 0.3) is 5.70 Å². The lowest BCUT2D eigenvalue weighted by Gasteiger charge is -2.24. The van der Waals surface area contributed by atoms with E-state index in [1.165, 1.54) is 0 Å². The predicted molar refractivity (Wildman–Crippen MR) is 115 cm³/mol. The predicted octanol–water partition coefficient (Wildman–Crippen LogP) is 5.03. The molecule has 148 valence electrons. The number of nitrogens with zero attached hydrogens (tertiary/aromatic N) is 6. The monoisotopic (exact) mass is 404 g/mol. The molecule has 1 aromatic heterocycles. The van der Waals surface area contributed by atoms with Crippen molar-refractivity contribution in [2.24, 2.45) is 0 Å². The number of ether oxygens (including phenoxy) is 1. The molecular weight excluding hydrogens is 388 g/mol. The molecule has 31 heavy (non-hydrogen) atoms. The van der Waals surface area contributed by atoms with Crippen molar-refractivity contribution in [2.45, 2.75) is 19.4 Å². The van der Waals surface area contributed by atoms with E-state index in [0.717, 1.165) is 22.5 Å². The van der Waals surface area contributed by atoms with E-state index < -0.39 is 5.60 Å². The molecular formula is C24H16N6O. The molecule has 7 heteroatoms. The van der Waals surface area contributed by atoms with Gasteiger partial charge in [0.15, 0.2) is 0 Å². The van der Waals surface area contributed by atoms with E-state index in [2.05, 4.69) is 20.0 Å². The van der Waals surface area contributed by atoms with Crippen molar-refractivity contribution in [3.05, 3.63) is 106 Å². The summed E-state index contributed by atoms with van der Waals surface area (Å²) in [5, 5.41) is 17.7. The molecule has 0 spiro atoms. The Hall–Kier alpha value is -4.67. The minimum atomic E-state index is -0.850. The van der Waals surface area contributed by atoms with Gasteiger partial charge in [-0.25, -0.2) is 19.6 Å². The lowest BCUT2D eigenvalue weighted by atomic mass is 9.91. The second kappa shape index (κ2) is 7.63. The zero-order chi connectivity index (χ0) is 22.0. The van der Waals surface area contributed by atoms with Crippen molar-refractivity contribution in [3.63, 3.8) is 0 Å². The van der Waals surface area contributed by atoms with Gasteiger partial charge in [-0.05, 0) is 31.5 Å². The molecule has 3 aromatic rings. The Morgan fingerprint density at radius 2 is 1.77 bits per heavy atom. The van der Waals surface area contributed by atoms with Gasteiger partial charge in [-0.3, -0.25) is 0 Å². The highest BCUT2D eigenvalue weighted by molar-refractivity contribution is 5.82. The summed E-state index contributed by atoms with van der Waals surface area (Å²) in [6, 6.07) is 19.1. The van der Waals surface area contributed by atoms with Crippen LogP contribution in [-0.2, 0) is 4.74 Å². The first kappa shape index (κ1) is 19.6. The van der Waals surface area contributed by atoms with Gasteiger partial charge in [0.1, 0.15) is 17.1 Å². The minimum Gasteiger partial charge on any atom is -0.505 e. The molecule has 4 rings (SSSR count). The van der Waals surface area contributed by atoms with Gasteiger partial charge in [-0.15, -0.1) is 5.10 Å². The summed E-state index contributed by atoms with van der Waals surface area (Å²) in [6.45, 7) is 18.4. The summed E-state index contributed by atoms with van der Waals surface area (Å²) in [7, 11) is 0. The zero-order valence-electron chi connectivity index (χ0n) is 16.9. The average molecular weight is 404 g/mol. The number of allylic oxidation sites excluding steroid dienone is 1. The topological polar surface area (TPSA) is 72.5 Å². The average Bonchev–Trinajstić information content (AvgIpc) is 3.38. The van der Waals surface area contributed by atoms with Gasteiger partial charge >= 0.3 is 0 Å². The minimum absolute atomic E-state index is 0.0420. The molecule has 0 radical (unpaired) electrons. The first-order valence-electron chi connectivity index (χ1n) is 9.40. The number of hydrogen-bond acceptors (Lipinski definition) is 4. The lowest BCUT2D eigenvalue weighted by Crippen LogP contribution is -2.21. The summed E-state index contributed by atoms with van der Waals surface area (Å²) in [4.78, 5) is 6.79. The molecule has 2 aromatic carbocycles. The zero-order valence-corrected chi connectivity index (χ0v) is 16.9. The van der Waals surface area contributed by atoms with Crippen LogP contribution in [0.4, 0.5) is 0 Å². The molecule has 0 N–H and O–H groups in total. The molecule has 7 nitrogen and oxygen atoms in total. The van der Waals surface area contributed by atoms with Gasteiger partial charge in [0.05, 0.1) is 31.1 Å². The number of nitriles is 1. The number of benzene rings is 2. The van der Waals surface area contributed by atoms with E-state index in [4.69, 9.17) is 17.9 Å². The van der Waals surface area contributed by atoms with Gasteiger partial charge < -0.3 is 4.74 Å². The van der Waals surface area contributed by atoms with Gasteiger partial charge in [-0.2, -0.15) is 0 Å². The molecule has 0 saturated heterocycles. The van der Waals surface area contributed by atoms with Crippen LogP contribution in [0, 0.1) is 24.5 Å². The fourth-order valence-electron chi connectivity index (χ4n) is 3.54. The summed E-state index contributed by atoms with van der Waals surface area (Å²) in [6.07, 6.45) is 1.85. The smallest absolute Gasteiger partial charge is 0.292 e. The van der Waals surface area contributed by atoms with Crippen LogP contribution in [0.25, 0.3) is 32.2 Å². The largest absolute Gasteiger partial charge is 0.505 e. The maximum atomic E-state index is 9.23. The van der Waals surface area contributed by atoms with Gasteiger partial charge in [0, 0.05) is 11.1 Å². The van der Waals surface area contributed by atoms with E-state index in [1.807, 2.05) is 80.7 Å². The van der Waals surface area contributed by atoms with Crippen LogP contribution in [0.1, 0.15) is 19.4 Å². The normalized spacial score (nSPS) is 16.1. The fraction of sp³-hybridized carbons (Fsp3) is 0.125. The van der Waals surface area contributed by atoms with Crippen molar-refractivity contribution in [1.82, 2.24) is 15.0 Å². The molecule has 0 aliphatic carbocycles. The van der Waals surface area contributed by atoms with E-state index >= 15 is 0 Å². The van der Waals surface area contributed by atoms with Crippen LogP contribution >= 0.6 is 0 Å². The lowest BCUT2D eigenvalue weighted by molar-refractivity contribution is 0.109. The number of hydrogen-bond donors (Lipinski definition) is 0. The molecule has 1 aliphatic rings. The number of rotatable bonds is 3. The van der Waals surface area contributed by atoms with E-state index in [0.29, 0.717) is 5.57 Å². The van der Waals surface area contributed by atoms with Gasteiger partial charge in [0.2, 0.25) is 5.70 Å². The van der Waals surface area contributed by atoms with Crippen molar-refractivity contribution >= 4 is 5.57 Å². The van der Waals surface area contributed by atoms with Crippen molar-refractivity contribution < 1.29 is 4.74 Å². The van der Waals surface area contributed by atoms with Gasteiger partial charge in [-0.1, -0.05) is 47.7 Å². The highest BCUT2D eigenvalue weighted by Crippen LogP contribution is 2.46. The molecule has 2 heterocycles. The highest BCUT2D eigenvalue weighted by atomic mass is 16.5. The van der Waals surface area contributed by atoms with Crippen LogP contribution in [0.5, 0.6) is 0 Å². The summed E-state index contributed by atoms with van der Waals surface area (Å²) < 4.78 is 7.54. The molecule has 0 unspecified atom stereocenters. The van der Waals surface area contributed by atoms with Crippen molar-refractivity contribution in [1.29, 1.82) is 5.26 Å². The van der Waals surface area contributed by atoms with Crippen molar-refractivity contribution in [2.75, 3.05) is 0 Å². The first-order chi connectivity index (χ1) is 15.0. The maximum absolute atomic E-state index is 9.23. The Labute approximate surface area is 179 Å². The van der Waals surface area contributed by atoms with Crippen LogP contribution in [0.3, 0.4) is 0 Å². The standard InChI is InChI=1S/C24H16N6O/c1-24(2)21(22(27-4)23(31-24)19(14-25)26-3)17-10-12-18(13-11-17)30-15-20(28-29-30)16-8-6-5-7-9-16/h5-13,15H,1-2H3. The Morgan fingerprint density at radius 3 is 2.39 bits per heavy atom. The molecule has 1 aliphatic heterocycles. The second-order valence-electron chi connectivity index (χ2n) is 7.31.